The number of benzene rings is 1. The molecule has 0 saturated carbocycles. The number of rotatable bonds is 8. The Balaban J connectivity index is 1.24. The summed E-state index contributed by atoms with van der Waals surface area (Å²) in [6, 6.07) is 8.61. The quantitative estimate of drug-likeness (QED) is 0.572. The number of ether oxygens (including phenoxy) is 1. The molecule has 1 amide bonds. The molecular formula is C22H24F3N5O2. The Morgan fingerprint density at radius 1 is 1.25 bits per heavy atom. The molecule has 1 aliphatic heterocycles. The van der Waals surface area contributed by atoms with E-state index in [0.29, 0.717) is 32.5 Å². The van der Waals surface area contributed by atoms with Crippen molar-refractivity contribution in [2.45, 2.75) is 37.9 Å². The minimum Gasteiger partial charge on any atom is -0.493 e. The van der Waals surface area contributed by atoms with Crippen LogP contribution >= 0.6 is 0 Å². The molecule has 1 aromatic carbocycles. The zero-order valence-corrected chi connectivity index (χ0v) is 17.4. The van der Waals surface area contributed by atoms with Crippen LogP contribution in [0.2, 0.25) is 0 Å². The molecule has 4 rings (SSSR count). The first-order chi connectivity index (χ1) is 15.4. The van der Waals surface area contributed by atoms with Crippen LogP contribution in [0.15, 0.2) is 48.8 Å². The van der Waals surface area contributed by atoms with Gasteiger partial charge in [-0.2, -0.15) is 23.4 Å². The first kappa shape index (κ1) is 21.9. The summed E-state index contributed by atoms with van der Waals surface area (Å²) < 4.78 is 45.6. The van der Waals surface area contributed by atoms with Gasteiger partial charge in [0.15, 0.2) is 0 Å². The number of nitrogens with zero attached hydrogens (tertiary/aromatic N) is 4. The number of alkyl halides is 3. The Kier molecular flexibility index (Phi) is 6.48. The summed E-state index contributed by atoms with van der Waals surface area (Å²) in [6.07, 6.45) is 0.875. The number of likely N-dealkylation sites (tertiary alicyclic amines) is 1. The van der Waals surface area contributed by atoms with E-state index in [-0.39, 0.29) is 24.2 Å². The molecule has 1 atom stereocenters. The van der Waals surface area contributed by atoms with Crippen molar-refractivity contribution < 1.29 is 22.7 Å². The molecule has 1 N–H and O–H groups in total. The van der Waals surface area contributed by atoms with Gasteiger partial charge in [-0.05, 0) is 36.8 Å². The number of amides is 1. The van der Waals surface area contributed by atoms with Crippen LogP contribution in [0.3, 0.4) is 0 Å². The second-order valence-electron chi connectivity index (χ2n) is 7.79. The second-order valence-corrected chi connectivity index (χ2v) is 7.79. The lowest BCUT2D eigenvalue weighted by molar-refractivity contribution is -0.137. The fraction of sp³-hybridized carbons (Fsp3) is 0.409. The Labute approximate surface area is 183 Å². The van der Waals surface area contributed by atoms with E-state index in [4.69, 9.17) is 4.74 Å². The number of halogens is 3. The van der Waals surface area contributed by atoms with Crippen molar-refractivity contribution in [1.82, 2.24) is 24.9 Å². The topological polar surface area (TPSA) is 76.0 Å². The summed E-state index contributed by atoms with van der Waals surface area (Å²) in [4.78, 5) is 14.3. The van der Waals surface area contributed by atoms with Crippen LogP contribution in [-0.2, 0) is 23.9 Å². The Hall–Kier alpha value is -3.30. The van der Waals surface area contributed by atoms with E-state index < -0.39 is 11.7 Å². The van der Waals surface area contributed by atoms with Crippen molar-refractivity contribution in [3.8, 4) is 5.75 Å². The molecule has 32 heavy (non-hydrogen) atoms. The molecule has 3 aromatic rings. The van der Waals surface area contributed by atoms with Crippen LogP contribution in [-0.4, -0.2) is 50.5 Å². The highest BCUT2D eigenvalue weighted by Gasteiger charge is 2.31. The van der Waals surface area contributed by atoms with Gasteiger partial charge < -0.3 is 9.64 Å². The second kappa shape index (κ2) is 9.46. The van der Waals surface area contributed by atoms with E-state index in [0.717, 1.165) is 29.9 Å². The van der Waals surface area contributed by atoms with Gasteiger partial charge in [0.05, 0.1) is 17.9 Å². The minimum atomic E-state index is -4.40. The standard InChI is InChI=1S/C22H24F3N5O2/c23-22(24,25)17-3-1-4-19(13-17)32-12-7-18-14-20(28-27-18)16-5-10-29(15-16)21(31)6-11-30-9-2-8-26-30/h1-4,8-9,13-14,16H,5-7,10-12,15H2,(H,27,28)/t16-/m1/s1. The van der Waals surface area contributed by atoms with Crippen LogP contribution < -0.4 is 4.74 Å². The van der Waals surface area contributed by atoms with Crippen molar-refractivity contribution in [1.29, 1.82) is 0 Å². The number of hydrogen-bond acceptors (Lipinski definition) is 4. The summed E-state index contributed by atoms with van der Waals surface area (Å²) in [6.45, 7) is 2.11. The largest absolute Gasteiger partial charge is 0.493 e. The molecule has 7 nitrogen and oxygen atoms in total. The number of aromatic amines is 1. The number of nitrogens with one attached hydrogen (secondary N) is 1. The van der Waals surface area contributed by atoms with Crippen LogP contribution in [0, 0.1) is 0 Å². The van der Waals surface area contributed by atoms with E-state index in [2.05, 4.69) is 15.3 Å². The fourth-order valence-electron chi connectivity index (χ4n) is 3.79. The summed E-state index contributed by atoms with van der Waals surface area (Å²) in [7, 11) is 0. The number of carbonyl (C=O) groups excluding carboxylic acids is 1. The molecule has 2 aromatic heterocycles. The van der Waals surface area contributed by atoms with Gasteiger partial charge in [-0.25, -0.2) is 0 Å². The fourth-order valence-corrected chi connectivity index (χ4v) is 3.79. The van der Waals surface area contributed by atoms with Crippen LogP contribution in [0.1, 0.15) is 35.7 Å². The van der Waals surface area contributed by atoms with Gasteiger partial charge in [-0.1, -0.05) is 6.07 Å². The van der Waals surface area contributed by atoms with Gasteiger partial charge in [-0.3, -0.25) is 14.6 Å². The van der Waals surface area contributed by atoms with Crippen LogP contribution in [0.25, 0.3) is 0 Å². The first-order valence-electron chi connectivity index (χ1n) is 10.5. The van der Waals surface area contributed by atoms with E-state index in [1.165, 1.54) is 12.1 Å². The summed E-state index contributed by atoms with van der Waals surface area (Å²) >= 11 is 0. The zero-order valence-electron chi connectivity index (χ0n) is 17.4. The molecule has 0 radical (unpaired) electrons. The summed E-state index contributed by atoms with van der Waals surface area (Å²) in [5.41, 5.74) is 1.00. The average molecular weight is 447 g/mol. The lowest BCUT2D eigenvalue weighted by Crippen LogP contribution is -2.29. The minimum absolute atomic E-state index is 0.105. The maximum atomic E-state index is 12.8. The SMILES string of the molecule is O=C(CCn1cccn1)N1CC[C@@H](c2cc(CCOc3cccc(C(F)(F)F)c3)[nH]n2)C1. The molecule has 170 valence electrons. The normalized spacial score (nSPS) is 16.5. The van der Waals surface area contributed by atoms with Gasteiger partial charge >= 0.3 is 6.18 Å². The summed E-state index contributed by atoms with van der Waals surface area (Å²) in [5.74, 6) is 0.450. The van der Waals surface area contributed by atoms with Gasteiger partial charge in [0, 0.05) is 56.5 Å². The Morgan fingerprint density at radius 3 is 2.91 bits per heavy atom. The molecular weight excluding hydrogens is 423 g/mol. The molecule has 10 heteroatoms. The maximum Gasteiger partial charge on any atom is 0.416 e. The van der Waals surface area contributed by atoms with E-state index in [1.54, 1.807) is 10.9 Å². The van der Waals surface area contributed by atoms with Crippen molar-refractivity contribution >= 4 is 5.91 Å². The molecule has 0 bridgehead atoms. The van der Waals surface area contributed by atoms with Crippen molar-refractivity contribution in [2.75, 3.05) is 19.7 Å². The predicted molar refractivity (Wildman–Crippen MR) is 110 cm³/mol. The lowest BCUT2D eigenvalue weighted by atomic mass is 10.0. The lowest BCUT2D eigenvalue weighted by Gasteiger charge is -2.16. The van der Waals surface area contributed by atoms with Crippen molar-refractivity contribution in [3.05, 3.63) is 65.7 Å². The van der Waals surface area contributed by atoms with Crippen LogP contribution in [0.5, 0.6) is 5.75 Å². The third kappa shape index (κ3) is 5.49. The van der Waals surface area contributed by atoms with Crippen LogP contribution in [0.4, 0.5) is 13.2 Å². The summed E-state index contributed by atoms with van der Waals surface area (Å²) in [5, 5.41) is 11.4. The van der Waals surface area contributed by atoms with E-state index in [9.17, 15) is 18.0 Å². The average Bonchev–Trinajstić information content (AvgIpc) is 3.53. The number of hydrogen-bond donors (Lipinski definition) is 1. The highest BCUT2D eigenvalue weighted by Crippen LogP contribution is 2.31. The highest BCUT2D eigenvalue weighted by atomic mass is 19.4. The number of aromatic nitrogens is 4. The number of aryl methyl sites for hydroxylation is 1. The number of H-pyrrole nitrogens is 1. The van der Waals surface area contributed by atoms with E-state index in [1.807, 2.05) is 23.2 Å². The smallest absolute Gasteiger partial charge is 0.416 e. The third-order valence-corrected chi connectivity index (χ3v) is 5.53. The predicted octanol–water partition coefficient (Wildman–Crippen LogP) is 3.65. The van der Waals surface area contributed by atoms with Crippen molar-refractivity contribution in [2.24, 2.45) is 0 Å². The van der Waals surface area contributed by atoms with Gasteiger partial charge in [-0.15, -0.1) is 0 Å². The Bertz CT molecular complexity index is 1030. The maximum absolute atomic E-state index is 12.8. The van der Waals surface area contributed by atoms with Gasteiger partial charge in [0.2, 0.25) is 5.91 Å². The van der Waals surface area contributed by atoms with E-state index >= 15 is 0 Å². The third-order valence-electron chi connectivity index (χ3n) is 5.53. The number of carbonyl (C=O) groups is 1. The molecule has 1 aliphatic rings. The van der Waals surface area contributed by atoms with Gasteiger partial charge in [0.1, 0.15) is 5.75 Å². The molecule has 0 aliphatic carbocycles. The Morgan fingerprint density at radius 2 is 2.12 bits per heavy atom. The molecule has 1 saturated heterocycles. The molecule has 3 heterocycles. The first-order valence-corrected chi connectivity index (χ1v) is 10.5. The monoisotopic (exact) mass is 447 g/mol. The zero-order chi connectivity index (χ0) is 22.6. The highest BCUT2D eigenvalue weighted by molar-refractivity contribution is 5.76. The van der Waals surface area contributed by atoms with Crippen molar-refractivity contribution in [3.63, 3.8) is 0 Å². The molecule has 1 fully saturated rings. The molecule has 0 spiro atoms. The van der Waals surface area contributed by atoms with Gasteiger partial charge in [0.25, 0.3) is 0 Å². The molecule has 0 unspecified atom stereocenters.